The number of ether oxygens (including phenoxy) is 1. The molecule has 0 saturated carbocycles. The van der Waals surface area contributed by atoms with E-state index < -0.39 is 0 Å². The van der Waals surface area contributed by atoms with Gasteiger partial charge in [-0.25, -0.2) is 0 Å². The molecule has 0 bridgehead atoms. The van der Waals surface area contributed by atoms with Crippen LogP contribution in [0.25, 0.3) is 0 Å². The molecule has 116 valence electrons. The van der Waals surface area contributed by atoms with E-state index in [0.717, 1.165) is 37.2 Å². The zero-order valence-electron chi connectivity index (χ0n) is 12.9. The van der Waals surface area contributed by atoms with Crippen LogP contribution >= 0.6 is 0 Å². The third kappa shape index (κ3) is 4.21. The number of benzene rings is 1. The van der Waals surface area contributed by atoms with Gasteiger partial charge >= 0.3 is 0 Å². The third-order valence-corrected chi connectivity index (χ3v) is 4.21. The molecule has 1 aliphatic heterocycles. The van der Waals surface area contributed by atoms with Crippen molar-refractivity contribution in [3.05, 3.63) is 29.8 Å². The van der Waals surface area contributed by atoms with E-state index in [1.54, 1.807) is 7.11 Å². The fourth-order valence-electron chi connectivity index (χ4n) is 2.96. The smallest absolute Gasteiger partial charge is 0.227 e. The Labute approximate surface area is 127 Å². The zero-order chi connectivity index (χ0) is 15.1. The number of nitrogens with zero attached hydrogens (tertiary/aromatic N) is 1. The molecule has 1 aromatic carbocycles. The maximum Gasteiger partial charge on any atom is 0.227 e. The van der Waals surface area contributed by atoms with E-state index in [1.807, 2.05) is 29.2 Å². The van der Waals surface area contributed by atoms with Gasteiger partial charge in [0.2, 0.25) is 5.91 Å². The second-order valence-electron chi connectivity index (χ2n) is 5.69. The average Bonchev–Trinajstić information content (AvgIpc) is 2.81. The SMILES string of the molecule is COc1ccccc1CC(CN)C(=O)N1CCCCCC1. The topological polar surface area (TPSA) is 55.6 Å². The molecule has 2 N–H and O–H groups in total. The fraction of sp³-hybridized carbons (Fsp3) is 0.588. The van der Waals surface area contributed by atoms with Gasteiger partial charge in [0, 0.05) is 19.6 Å². The van der Waals surface area contributed by atoms with Gasteiger partial charge in [-0.3, -0.25) is 4.79 Å². The molecule has 1 amide bonds. The number of nitrogens with two attached hydrogens (primary N) is 1. The summed E-state index contributed by atoms with van der Waals surface area (Å²) in [6, 6.07) is 7.86. The Bertz CT molecular complexity index is 454. The molecule has 4 nitrogen and oxygen atoms in total. The highest BCUT2D eigenvalue weighted by Gasteiger charge is 2.24. The summed E-state index contributed by atoms with van der Waals surface area (Å²) in [4.78, 5) is 14.7. The van der Waals surface area contributed by atoms with E-state index in [4.69, 9.17) is 10.5 Å². The van der Waals surface area contributed by atoms with E-state index in [0.29, 0.717) is 13.0 Å². The van der Waals surface area contributed by atoms with Crippen molar-refractivity contribution in [2.75, 3.05) is 26.7 Å². The summed E-state index contributed by atoms with van der Waals surface area (Å²) in [7, 11) is 1.66. The summed E-state index contributed by atoms with van der Waals surface area (Å²) < 4.78 is 5.37. The highest BCUT2D eigenvalue weighted by molar-refractivity contribution is 5.79. The standard InChI is InChI=1S/C17H26N2O2/c1-21-16-9-5-4-8-14(16)12-15(13-18)17(20)19-10-6-2-3-7-11-19/h4-5,8-9,15H,2-3,6-7,10-13,18H2,1H3. The Morgan fingerprint density at radius 2 is 1.90 bits per heavy atom. The Morgan fingerprint density at radius 3 is 2.52 bits per heavy atom. The highest BCUT2D eigenvalue weighted by atomic mass is 16.5. The number of likely N-dealkylation sites (tertiary alicyclic amines) is 1. The average molecular weight is 290 g/mol. The predicted molar refractivity (Wildman–Crippen MR) is 84.3 cm³/mol. The third-order valence-electron chi connectivity index (χ3n) is 4.21. The minimum Gasteiger partial charge on any atom is -0.496 e. The van der Waals surface area contributed by atoms with Crippen molar-refractivity contribution in [2.24, 2.45) is 11.7 Å². The van der Waals surface area contributed by atoms with Gasteiger partial charge in [0.1, 0.15) is 5.75 Å². The first kappa shape index (κ1) is 15.8. The number of hydrogen-bond donors (Lipinski definition) is 1. The molecule has 1 fully saturated rings. The largest absolute Gasteiger partial charge is 0.496 e. The molecular formula is C17H26N2O2. The van der Waals surface area contributed by atoms with Crippen molar-refractivity contribution in [1.29, 1.82) is 0 Å². The monoisotopic (exact) mass is 290 g/mol. The van der Waals surface area contributed by atoms with E-state index in [1.165, 1.54) is 12.8 Å². The van der Waals surface area contributed by atoms with Crippen LogP contribution < -0.4 is 10.5 Å². The maximum atomic E-state index is 12.7. The molecule has 21 heavy (non-hydrogen) atoms. The van der Waals surface area contributed by atoms with Crippen LogP contribution in [0.2, 0.25) is 0 Å². The molecule has 2 rings (SSSR count). The quantitative estimate of drug-likeness (QED) is 0.904. The number of hydrogen-bond acceptors (Lipinski definition) is 3. The highest BCUT2D eigenvalue weighted by Crippen LogP contribution is 2.22. The number of rotatable bonds is 5. The second kappa shape index (κ2) is 8.03. The van der Waals surface area contributed by atoms with Crippen LogP contribution in [-0.4, -0.2) is 37.6 Å². The van der Waals surface area contributed by atoms with Gasteiger partial charge in [-0.2, -0.15) is 0 Å². The summed E-state index contributed by atoms with van der Waals surface area (Å²) in [5.74, 6) is 0.879. The first-order valence-corrected chi connectivity index (χ1v) is 7.87. The van der Waals surface area contributed by atoms with E-state index in [2.05, 4.69) is 0 Å². The summed E-state index contributed by atoms with van der Waals surface area (Å²) in [5, 5.41) is 0. The van der Waals surface area contributed by atoms with Gasteiger partial charge in [-0.05, 0) is 30.9 Å². The maximum absolute atomic E-state index is 12.7. The number of para-hydroxylation sites is 1. The molecule has 0 aliphatic carbocycles. The molecule has 0 aromatic heterocycles. The zero-order valence-corrected chi connectivity index (χ0v) is 12.9. The van der Waals surface area contributed by atoms with Crippen LogP contribution in [-0.2, 0) is 11.2 Å². The lowest BCUT2D eigenvalue weighted by Gasteiger charge is -2.26. The minimum atomic E-state index is -0.153. The van der Waals surface area contributed by atoms with Crippen LogP contribution in [0.15, 0.2) is 24.3 Å². The molecule has 1 atom stereocenters. The number of amides is 1. The molecule has 0 radical (unpaired) electrons. The van der Waals surface area contributed by atoms with Crippen LogP contribution in [0.3, 0.4) is 0 Å². The van der Waals surface area contributed by atoms with Gasteiger partial charge in [0.15, 0.2) is 0 Å². The summed E-state index contributed by atoms with van der Waals surface area (Å²) >= 11 is 0. The number of carbonyl (C=O) groups excluding carboxylic acids is 1. The van der Waals surface area contributed by atoms with Crippen molar-refractivity contribution in [2.45, 2.75) is 32.1 Å². The molecule has 1 saturated heterocycles. The molecular weight excluding hydrogens is 264 g/mol. The van der Waals surface area contributed by atoms with E-state index in [-0.39, 0.29) is 11.8 Å². The Balaban J connectivity index is 2.06. The molecule has 1 aromatic rings. The van der Waals surface area contributed by atoms with E-state index >= 15 is 0 Å². The van der Waals surface area contributed by atoms with Crippen LogP contribution in [0.1, 0.15) is 31.2 Å². The van der Waals surface area contributed by atoms with Crippen molar-refractivity contribution < 1.29 is 9.53 Å². The summed E-state index contributed by atoms with van der Waals surface area (Å²) in [6.07, 6.45) is 5.32. The molecule has 1 heterocycles. The molecule has 4 heteroatoms. The lowest BCUT2D eigenvalue weighted by Crippen LogP contribution is -2.40. The Morgan fingerprint density at radius 1 is 1.24 bits per heavy atom. The van der Waals surface area contributed by atoms with Gasteiger partial charge in [-0.15, -0.1) is 0 Å². The van der Waals surface area contributed by atoms with Crippen LogP contribution in [0, 0.1) is 5.92 Å². The molecule has 1 unspecified atom stereocenters. The summed E-state index contributed by atoms with van der Waals surface area (Å²) in [5.41, 5.74) is 6.92. The number of methoxy groups -OCH3 is 1. The minimum absolute atomic E-state index is 0.153. The van der Waals surface area contributed by atoms with Crippen molar-refractivity contribution in [3.8, 4) is 5.75 Å². The van der Waals surface area contributed by atoms with Gasteiger partial charge in [0.05, 0.1) is 13.0 Å². The van der Waals surface area contributed by atoms with Gasteiger partial charge in [-0.1, -0.05) is 31.0 Å². The molecule has 1 aliphatic rings. The lowest BCUT2D eigenvalue weighted by molar-refractivity contribution is -0.135. The lowest BCUT2D eigenvalue weighted by atomic mass is 9.97. The van der Waals surface area contributed by atoms with E-state index in [9.17, 15) is 4.79 Å². The fourth-order valence-corrected chi connectivity index (χ4v) is 2.96. The van der Waals surface area contributed by atoms with Gasteiger partial charge < -0.3 is 15.4 Å². The Hall–Kier alpha value is -1.55. The first-order valence-electron chi connectivity index (χ1n) is 7.87. The normalized spacial score (nSPS) is 17.1. The Kier molecular flexibility index (Phi) is 6.05. The van der Waals surface area contributed by atoms with Crippen molar-refractivity contribution in [1.82, 2.24) is 4.90 Å². The predicted octanol–water partition coefficient (Wildman–Crippen LogP) is 2.22. The first-order chi connectivity index (χ1) is 10.3. The van der Waals surface area contributed by atoms with Crippen LogP contribution in [0.5, 0.6) is 5.75 Å². The van der Waals surface area contributed by atoms with Crippen LogP contribution in [0.4, 0.5) is 0 Å². The molecule has 0 spiro atoms. The van der Waals surface area contributed by atoms with Crippen molar-refractivity contribution in [3.63, 3.8) is 0 Å². The van der Waals surface area contributed by atoms with Gasteiger partial charge in [0.25, 0.3) is 0 Å². The summed E-state index contributed by atoms with van der Waals surface area (Å²) in [6.45, 7) is 2.13. The second-order valence-corrected chi connectivity index (χ2v) is 5.69. The number of carbonyl (C=O) groups is 1. The van der Waals surface area contributed by atoms with Crippen molar-refractivity contribution >= 4 is 5.91 Å².